The fourth-order valence-electron chi connectivity index (χ4n) is 3.16. The van der Waals surface area contributed by atoms with Crippen molar-refractivity contribution in [1.29, 1.82) is 0 Å². The first-order valence-corrected chi connectivity index (χ1v) is 7.14. The third kappa shape index (κ3) is 3.83. The van der Waals surface area contributed by atoms with Gasteiger partial charge in [-0.3, -0.25) is 4.90 Å². The van der Waals surface area contributed by atoms with Gasteiger partial charge in [-0.15, -0.1) is 0 Å². The Bertz CT molecular complexity index is 284. The van der Waals surface area contributed by atoms with Gasteiger partial charge in [-0.2, -0.15) is 13.2 Å². The van der Waals surface area contributed by atoms with Crippen LogP contribution in [0.25, 0.3) is 0 Å². The summed E-state index contributed by atoms with van der Waals surface area (Å²) in [5, 5.41) is 3.38. The van der Waals surface area contributed by atoms with Gasteiger partial charge in [0.25, 0.3) is 0 Å². The molecule has 2 saturated heterocycles. The van der Waals surface area contributed by atoms with Crippen LogP contribution < -0.4 is 5.32 Å². The maximum atomic E-state index is 12.9. The van der Waals surface area contributed by atoms with Crippen molar-refractivity contribution in [3.8, 4) is 0 Å². The number of halogens is 3. The minimum atomic E-state index is -4.07. The molecule has 1 N–H and O–H groups in total. The zero-order valence-corrected chi connectivity index (χ0v) is 11.4. The van der Waals surface area contributed by atoms with E-state index in [0.717, 1.165) is 19.5 Å². The molecular weight excluding hydrogens is 257 g/mol. The first-order valence-electron chi connectivity index (χ1n) is 7.14. The van der Waals surface area contributed by atoms with E-state index in [9.17, 15) is 13.2 Å². The quantitative estimate of drug-likeness (QED) is 0.856. The average molecular weight is 280 g/mol. The largest absolute Gasteiger partial charge is 0.393 e. The smallest absolute Gasteiger partial charge is 0.380 e. The lowest BCUT2D eigenvalue weighted by atomic mass is 9.93. The minimum absolute atomic E-state index is 0.0823. The molecule has 0 spiro atoms. The fraction of sp³-hybridized carbons (Fsp3) is 1.00. The van der Waals surface area contributed by atoms with Crippen LogP contribution in [0.3, 0.4) is 0 Å². The third-order valence-electron chi connectivity index (χ3n) is 4.18. The Morgan fingerprint density at radius 1 is 1.32 bits per heavy atom. The number of nitrogens with zero attached hydrogens (tertiary/aromatic N) is 1. The molecule has 3 nitrogen and oxygen atoms in total. The number of nitrogens with one attached hydrogen (secondary N) is 1. The third-order valence-corrected chi connectivity index (χ3v) is 4.18. The van der Waals surface area contributed by atoms with Gasteiger partial charge in [0.15, 0.2) is 0 Å². The van der Waals surface area contributed by atoms with E-state index in [0.29, 0.717) is 19.6 Å². The van der Waals surface area contributed by atoms with Crippen molar-refractivity contribution >= 4 is 0 Å². The summed E-state index contributed by atoms with van der Waals surface area (Å²) in [5.41, 5.74) is 0. The molecule has 3 atom stereocenters. The molecule has 112 valence electrons. The Balaban J connectivity index is 1.98. The van der Waals surface area contributed by atoms with Gasteiger partial charge in [0.05, 0.1) is 12.5 Å². The summed E-state index contributed by atoms with van der Waals surface area (Å²) >= 11 is 0. The Kier molecular flexibility index (Phi) is 5.09. The molecule has 0 amide bonds. The van der Waals surface area contributed by atoms with Gasteiger partial charge in [-0.05, 0) is 32.4 Å². The van der Waals surface area contributed by atoms with Gasteiger partial charge in [0.2, 0.25) is 0 Å². The van der Waals surface area contributed by atoms with Crippen LogP contribution >= 0.6 is 0 Å². The monoisotopic (exact) mass is 280 g/mol. The van der Waals surface area contributed by atoms with Crippen molar-refractivity contribution in [3.63, 3.8) is 0 Å². The van der Waals surface area contributed by atoms with Crippen molar-refractivity contribution in [2.45, 2.75) is 44.4 Å². The van der Waals surface area contributed by atoms with Crippen LogP contribution in [0.5, 0.6) is 0 Å². The first-order chi connectivity index (χ1) is 9.02. The summed E-state index contributed by atoms with van der Waals surface area (Å²) in [6, 6.07) is 0.338. The molecule has 0 aliphatic carbocycles. The van der Waals surface area contributed by atoms with Gasteiger partial charge in [-0.25, -0.2) is 0 Å². The number of ether oxygens (including phenoxy) is 1. The predicted molar refractivity (Wildman–Crippen MR) is 67.0 cm³/mol. The maximum absolute atomic E-state index is 12.9. The van der Waals surface area contributed by atoms with Crippen LogP contribution in [0.4, 0.5) is 13.2 Å². The first kappa shape index (κ1) is 15.1. The number of likely N-dealkylation sites (N-methyl/N-ethyl adjacent to an activating group) is 1. The van der Waals surface area contributed by atoms with Crippen LogP contribution in [-0.4, -0.2) is 56.0 Å². The number of rotatable bonds is 3. The Morgan fingerprint density at radius 2 is 2.11 bits per heavy atom. The molecule has 0 saturated carbocycles. The maximum Gasteiger partial charge on any atom is 0.393 e. The standard InChI is InChI=1S/C13H23F3N2O/c1-2-17-11-5-7-19-9-12(11)18-6-3-4-10(8-18)13(14,15)16/h10-12,17H,2-9H2,1H3. The van der Waals surface area contributed by atoms with Gasteiger partial charge < -0.3 is 10.1 Å². The fourth-order valence-corrected chi connectivity index (χ4v) is 3.16. The van der Waals surface area contributed by atoms with Crippen LogP contribution in [-0.2, 0) is 4.74 Å². The average Bonchev–Trinajstić information content (AvgIpc) is 2.39. The Morgan fingerprint density at radius 3 is 2.79 bits per heavy atom. The summed E-state index contributed by atoms with van der Waals surface area (Å²) in [5.74, 6) is -1.18. The van der Waals surface area contributed by atoms with E-state index in [2.05, 4.69) is 5.32 Å². The predicted octanol–water partition coefficient (Wildman–Crippen LogP) is 2.03. The molecule has 2 aliphatic heterocycles. The van der Waals surface area contributed by atoms with E-state index in [1.807, 2.05) is 11.8 Å². The lowest BCUT2D eigenvalue weighted by Gasteiger charge is -2.44. The highest BCUT2D eigenvalue weighted by molar-refractivity contribution is 4.90. The minimum Gasteiger partial charge on any atom is -0.380 e. The van der Waals surface area contributed by atoms with E-state index < -0.39 is 12.1 Å². The van der Waals surface area contributed by atoms with Crippen molar-refractivity contribution in [2.75, 3.05) is 32.8 Å². The van der Waals surface area contributed by atoms with E-state index in [4.69, 9.17) is 4.74 Å². The van der Waals surface area contributed by atoms with E-state index in [1.165, 1.54) is 0 Å². The topological polar surface area (TPSA) is 24.5 Å². The molecule has 6 heteroatoms. The van der Waals surface area contributed by atoms with Crippen molar-refractivity contribution < 1.29 is 17.9 Å². The SMILES string of the molecule is CCNC1CCOCC1N1CCCC(C(F)(F)F)C1. The van der Waals surface area contributed by atoms with Gasteiger partial charge in [0.1, 0.15) is 0 Å². The second-order valence-electron chi connectivity index (χ2n) is 5.47. The highest BCUT2D eigenvalue weighted by Crippen LogP contribution is 2.34. The molecule has 3 unspecified atom stereocenters. The zero-order valence-electron chi connectivity index (χ0n) is 11.4. The van der Waals surface area contributed by atoms with E-state index in [1.54, 1.807) is 0 Å². The van der Waals surface area contributed by atoms with Crippen molar-refractivity contribution in [1.82, 2.24) is 10.2 Å². The molecule has 2 heterocycles. The normalized spacial score (nSPS) is 34.4. The molecule has 2 fully saturated rings. The van der Waals surface area contributed by atoms with Gasteiger partial charge >= 0.3 is 6.18 Å². The van der Waals surface area contributed by atoms with E-state index in [-0.39, 0.29) is 25.0 Å². The summed E-state index contributed by atoms with van der Waals surface area (Å²) < 4.78 is 44.0. The summed E-state index contributed by atoms with van der Waals surface area (Å²) in [6.07, 6.45) is -2.30. The summed E-state index contributed by atoms with van der Waals surface area (Å²) in [4.78, 5) is 1.98. The summed E-state index contributed by atoms with van der Waals surface area (Å²) in [7, 11) is 0. The lowest BCUT2D eigenvalue weighted by molar-refractivity contribution is -0.191. The van der Waals surface area contributed by atoms with Crippen molar-refractivity contribution in [2.24, 2.45) is 5.92 Å². The molecule has 2 rings (SSSR count). The summed E-state index contributed by atoms with van der Waals surface area (Å²) in [6.45, 7) is 4.99. The van der Waals surface area contributed by atoms with Gasteiger partial charge in [-0.1, -0.05) is 6.92 Å². The van der Waals surface area contributed by atoms with Crippen LogP contribution in [0.1, 0.15) is 26.2 Å². The number of hydrogen-bond donors (Lipinski definition) is 1. The highest BCUT2D eigenvalue weighted by Gasteiger charge is 2.44. The molecule has 0 aromatic carbocycles. The number of hydrogen-bond acceptors (Lipinski definition) is 3. The molecule has 0 aromatic heterocycles. The second kappa shape index (κ2) is 6.41. The molecule has 19 heavy (non-hydrogen) atoms. The van der Waals surface area contributed by atoms with Crippen LogP contribution in [0.2, 0.25) is 0 Å². The Labute approximate surface area is 112 Å². The molecule has 2 aliphatic rings. The van der Waals surface area contributed by atoms with Gasteiger partial charge in [0, 0.05) is 25.2 Å². The molecular formula is C13H23F3N2O. The molecule has 0 radical (unpaired) electrons. The second-order valence-corrected chi connectivity index (χ2v) is 5.47. The lowest BCUT2D eigenvalue weighted by Crippen LogP contribution is -2.58. The molecule has 0 bridgehead atoms. The highest BCUT2D eigenvalue weighted by atomic mass is 19.4. The number of alkyl halides is 3. The van der Waals surface area contributed by atoms with E-state index >= 15 is 0 Å². The Hall–Kier alpha value is -0.330. The molecule has 0 aromatic rings. The zero-order chi connectivity index (χ0) is 13.9. The van der Waals surface area contributed by atoms with Crippen LogP contribution in [0, 0.1) is 5.92 Å². The van der Waals surface area contributed by atoms with Crippen LogP contribution in [0.15, 0.2) is 0 Å². The van der Waals surface area contributed by atoms with Crippen molar-refractivity contribution in [3.05, 3.63) is 0 Å². The number of likely N-dealkylation sites (tertiary alicyclic amines) is 1. The number of piperidine rings is 1.